The smallest absolute Gasteiger partial charge is 0.231 e. The first-order valence-corrected chi connectivity index (χ1v) is 9.79. The fourth-order valence-corrected chi connectivity index (χ4v) is 4.06. The molecule has 1 aliphatic rings. The number of amides is 1. The number of aromatic nitrogens is 2. The van der Waals surface area contributed by atoms with E-state index in [-0.39, 0.29) is 24.2 Å². The van der Waals surface area contributed by atoms with Crippen LogP contribution in [0.1, 0.15) is 11.1 Å². The molecule has 0 aliphatic carbocycles. The second-order valence-corrected chi connectivity index (χ2v) is 7.89. The number of halogens is 1. The molecular weight excluding hydrogens is 377 g/mol. The van der Waals surface area contributed by atoms with Gasteiger partial charge < -0.3 is 14.6 Å². The molecule has 1 N–H and O–H groups in total. The number of benzene rings is 2. The maximum atomic E-state index is 13.5. The molecule has 0 saturated carbocycles. The fourth-order valence-electron chi connectivity index (χ4n) is 3.16. The quantitative estimate of drug-likeness (QED) is 0.717. The van der Waals surface area contributed by atoms with E-state index < -0.39 is 0 Å². The number of hydrogen-bond donors (Lipinski definition) is 1. The van der Waals surface area contributed by atoms with Gasteiger partial charge in [-0.1, -0.05) is 11.8 Å². The van der Waals surface area contributed by atoms with E-state index >= 15 is 0 Å². The van der Waals surface area contributed by atoms with Crippen molar-refractivity contribution in [2.75, 3.05) is 11.9 Å². The third-order valence-electron chi connectivity index (χ3n) is 4.74. The second kappa shape index (κ2) is 7.67. The number of rotatable bonds is 4. The van der Waals surface area contributed by atoms with Gasteiger partial charge in [-0.25, -0.2) is 9.37 Å². The van der Waals surface area contributed by atoms with Crippen molar-refractivity contribution in [3.05, 3.63) is 65.7 Å². The Morgan fingerprint density at radius 1 is 1.32 bits per heavy atom. The van der Waals surface area contributed by atoms with Crippen LogP contribution in [0.3, 0.4) is 0 Å². The molecule has 7 heteroatoms. The molecule has 3 aromatic rings. The van der Waals surface area contributed by atoms with Crippen LogP contribution in [0.25, 0.3) is 0 Å². The van der Waals surface area contributed by atoms with Gasteiger partial charge in [0.05, 0.1) is 5.92 Å². The third kappa shape index (κ3) is 3.89. The highest BCUT2D eigenvalue weighted by Gasteiger charge is 2.26. The summed E-state index contributed by atoms with van der Waals surface area (Å²) in [5.41, 5.74) is 2.46. The first-order chi connectivity index (χ1) is 13.5. The summed E-state index contributed by atoms with van der Waals surface area (Å²) in [5, 5.41) is 3.88. The molecule has 2 aromatic carbocycles. The minimum absolute atomic E-state index is 0.123. The molecule has 0 saturated heterocycles. The fraction of sp³-hybridized carbons (Fsp3) is 0.238. The Hall–Kier alpha value is -2.80. The lowest BCUT2D eigenvalue weighted by Gasteiger charge is -2.25. The van der Waals surface area contributed by atoms with Gasteiger partial charge >= 0.3 is 0 Å². The van der Waals surface area contributed by atoms with Crippen molar-refractivity contribution in [2.24, 2.45) is 13.0 Å². The van der Waals surface area contributed by atoms with E-state index in [0.717, 1.165) is 26.9 Å². The van der Waals surface area contributed by atoms with Crippen molar-refractivity contribution in [3.8, 4) is 5.75 Å². The molecule has 1 amide bonds. The van der Waals surface area contributed by atoms with Crippen molar-refractivity contribution >= 4 is 23.4 Å². The molecule has 4 rings (SSSR count). The highest BCUT2D eigenvalue weighted by Crippen LogP contribution is 2.31. The zero-order chi connectivity index (χ0) is 19.7. The predicted octanol–water partition coefficient (Wildman–Crippen LogP) is 4.21. The molecular formula is C21H20FN3O2S. The van der Waals surface area contributed by atoms with Crippen LogP contribution in [0.2, 0.25) is 0 Å². The largest absolute Gasteiger partial charge is 0.492 e. The van der Waals surface area contributed by atoms with E-state index in [2.05, 4.69) is 10.3 Å². The predicted molar refractivity (Wildman–Crippen MR) is 106 cm³/mol. The van der Waals surface area contributed by atoms with Crippen LogP contribution in [0.15, 0.2) is 58.8 Å². The number of nitrogens with one attached hydrogen (secondary N) is 1. The van der Waals surface area contributed by atoms with Gasteiger partial charge in [-0.3, -0.25) is 4.79 Å². The molecule has 1 aliphatic heterocycles. The zero-order valence-corrected chi connectivity index (χ0v) is 16.4. The number of ether oxygens (including phenoxy) is 1. The average molecular weight is 397 g/mol. The highest BCUT2D eigenvalue weighted by atomic mass is 32.2. The van der Waals surface area contributed by atoms with Gasteiger partial charge in [0.1, 0.15) is 18.2 Å². The average Bonchev–Trinajstić information content (AvgIpc) is 3.07. The van der Waals surface area contributed by atoms with Gasteiger partial charge in [0.2, 0.25) is 5.91 Å². The van der Waals surface area contributed by atoms with Crippen LogP contribution in [-0.2, 0) is 18.3 Å². The van der Waals surface area contributed by atoms with E-state index in [9.17, 15) is 9.18 Å². The van der Waals surface area contributed by atoms with Crippen LogP contribution >= 0.6 is 11.8 Å². The van der Waals surface area contributed by atoms with Gasteiger partial charge in [-0.2, -0.15) is 0 Å². The number of carbonyl (C=O) groups is 1. The molecule has 28 heavy (non-hydrogen) atoms. The number of anilines is 1. The normalized spacial score (nSPS) is 15.6. The molecule has 144 valence electrons. The Morgan fingerprint density at radius 3 is 2.93 bits per heavy atom. The monoisotopic (exact) mass is 397 g/mol. The first-order valence-electron chi connectivity index (χ1n) is 8.97. The Balaban J connectivity index is 1.44. The SMILES string of the molecule is Cc1cc(Sc2nccn2C)ccc1NC(=O)C1COc2ccc(F)cc2C1. The zero-order valence-electron chi connectivity index (χ0n) is 15.6. The van der Waals surface area contributed by atoms with Crippen molar-refractivity contribution in [2.45, 2.75) is 23.4 Å². The molecule has 1 unspecified atom stereocenters. The van der Waals surface area contributed by atoms with Gasteiger partial charge in [0.25, 0.3) is 0 Å². The van der Waals surface area contributed by atoms with Crippen LogP contribution in [-0.4, -0.2) is 22.1 Å². The van der Waals surface area contributed by atoms with E-state index in [4.69, 9.17) is 4.74 Å². The minimum Gasteiger partial charge on any atom is -0.492 e. The highest BCUT2D eigenvalue weighted by molar-refractivity contribution is 7.99. The standard InChI is InChI=1S/C21H20FN3O2S/c1-13-9-17(28-21-23-7-8-25(21)2)4-5-18(13)24-20(26)15-10-14-11-16(22)3-6-19(14)27-12-15/h3-9,11,15H,10,12H2,1-2H3,(H,24,26). The number of nitrogens with zero attached hydrogens (tertiary/aromatic N) is 2. The summed E-state index contributed by atoms with van der Waals surface area (Å²) < 4.78 is 21.0. The van der Waals surface area contributed by atoms with Crippen LogP contribution in [0, 0.1) is 18.7 Å². The Kier molecular flexibility index (Phi) is 5.09. The summed E-state index contributed by atoms with van der Waals surface area (Å²) in [5.74, 6) is -0.143. The first kappa shape index (κ1) is 18.6. The maximum Gasteiger partial charge on any atom is 0.231 e. The lowest BCUT2D eigenvalue weighted by molar-refractivity contribution is -0.121. The van der Waals surface area contributed by atoms with Crippen LogP contribution < -0.4 is 10.1 Å². The molecule has 2 heterocycles. The number of hydrogen-bond acceptors (Lipinski definition) is 4. The summed E-state index contributed by atoms with van der Waals surface area (Å²) >= 11 is 1.57. The van der Waals surface area contributed by atoms with Crippen LogP contribution in [0.5, 0.6) is 5.75 Å². The lowest BCUT2D eigenvalue weighted by atomic mass is 9.95. The third-order valence-corrected chi connectivity index (χ3v) is 5.81. The summed E-state index contributed by atoms with van der Waals surface area (Å²) in [6, 6.07) is 10.3. The van der Waals surface area contributed by atoms with Crippen molar-refractivity contribution in [1.82, 2.24) is 9.55 Å². The molecule has 1 aromatic heterocycles. The lowest BCUT2D eigenvalue weighted by Crippen LogP contribution is -2.32. The van der Waals surface area contributed by atoms with E-state index in [1.54, 1.807) is 24.0 Å². The molecule has 5 nitrogen and oxygen atoms in total. The Bertz CT molecular complexity index is 1030. The second-order valence-electron chi connectivity index (χ2n) is 6.85. The van der Waals surface area contributed by atoms with Crippen molar-refractivity contribution in [3.63, 3.8) is 0 Å². The number of fused-ring (bicyclic) bond motifs is 1. The molecule has 0 spiro atoms. The minimum atomic E-state index is -0.352. The van der Waals surface area contributed by atoms with E-state index in [0.29, 0.717) is 12.2 Å². The number of aryl methyl sites for hydroxylation is 2. The Labute approximate surface area is 166 Å². The maximum absolute atomic E-state index is 13.5. The van der Waals surface area contributed by atoms with Crippen LogP contribution in [0.4, 0.5) is 10.1 Å². The van der Waals surface area contributed by atoms with Gasteiger partial charge in [0.15, 0.2) is 5.16 Å². The molecule has 0 bridgehead atoms. The number of carbonyl (C=O) groups excluding carboxylic acids is 1. The van der Waals surface area contributed by atoms with Crippen molar-refractivity contribution < 1.29 is 13.9 Å². The summed E-state index contributed by atoms with van der Waals surface area (Å²) in [6.45, 7) is 2.25. The van der Waals surface area contributed by atoms with Gasteiger partial charge in [-0.15, -0.1) is 0 Å². The van der Waals surface area contributed by atoms with Gasteiger partial charge in [0, 0.05) is 30.0 Å². The summed E-state index contributed by atoms with van der Waals surface area (Å²) in [7, 11) is 1.95. The van der Waals surface area contributed by atoms with E-state index in [1.807, 2.05) is 42.9 Å². The van der Waals surface area contributed by atoms with Gasteiger partial charge in [-0.05, 0) is 60.9 Å². The van der Waals surface area contributed by atoms with Crippen molar-refractivity contribution in [1.29, 1.82) is 0 Å². The summed E-state index contributed by atoms with van der Waals surface area (Å²) in [4.78, 5) is 18.1. The molecule has 1 atom stereocenters. The number of imidazole rings is 1. The summed E-state index contributed by atoms with van der Waals surface area (Å²) in [6.07, 6.45) is 4.13. The Morgan fingerprint density at radius 2 is 2.18 bits per heavy atom. The molecule has 0 radical (unpaired) electrons. The topological polar surface area (TPSA) is 56.2 Å². The molecule has 0 fully saturated rings. The van der Waals surface area contributed by atoms with E-state index in [1.165, 1.54) is 12.1 Å².